The van der Waals surface area contributed by atoms with E-state index in [-0.39, 0.29) is 11.3 Å². The second-order valence-electron chi connectivity index (χ2n) is 4.97. The van der Waals surface area contributed by atoms with Gasteiger partial charge in [0.25, 0.3) is 0 Å². The van der Waals surface area contributed by atoms with Crippen LogP contribution in [-0.2, 0) is 12.4 Å². The fraction of sp³-hybridized carbons (Fsp3) is 0.188. The van der Waals surface area contributed by atoms with Crippen LogP contribution >= 0.6 is 0 Å². The van der Waals surface area contributed by atoms with Crippen molar-refractivity contribution in [3.8, 4) is 5.75 Å². The van der Waals surface area contributed by atoms with Gasteiger partial charge in [-0.25, -0.2) is 0 Å². The van der Waals surface area contributed by atoms with E-state index in [9.17, 15) is 31.4 Å². The molecule has 2 aromatic rings. The fourth-order valence-electron chi connectivity index (χ4n) is 2.06. The predicted octanol–water partition coefficient (Wildman–Crippen LogP) is 5.49. The SMILES string of the molecule is Cc1cccc(C=Nc2c(C(F)(F)F)cccc2C(F)(F)F)c1O. The molecule has 24 heavy (non-hydrogen) atoms. The number of alkyl halides is 6. The van der Waals surface area contributed by atoms with Crippen LogP contribution in [0.3, 0.4) is 0 Å². The van der Waals surface area contributed by atoms with E-state index in [0.29, 0.717) is 23.8 Å². The minimum atomic E-state index is -5.00. The molecule has 2 nitrogen and oxygen atoms in total. The first-order chi connectivity index (χ1) is 11.0. The van der Waals surface area contributed by atoms with Gasteiger partial charge in [0.1, 0.15) is 5.75 Å². The number of aryl methyl sites for hydroxylation is 1. The topological polar surface area (TPSA) is 32.6 Å². The van der Waals surface area contributed by atoms with Crippen LogP contribution in [0.1, 0.15) is 22.3 Å². The number of para-hydroxylation sites is 2. The molecular weight excluding hydrogens is 336 g/mol. The lowest BCUT2D eigenvalue weighted by Gasteiger charge is -2.15. The van der Waals surface area contributed by atoms with Gasteiger partial charge in [0, 0.05) is 11.8 Å². The molecule has 0 heterocycles. The van der Waals surface area contributed by atoms with Crippen LogP contribution in [0, 0.1) is 6.92 Å². The highest BCUT2D eigenvalue weighted by Crippen LogP contribution is 2.44. The minimum absolute atomic E-state index is 0.0140. The van der Waals surface area contributed by atoms with Crippen molar-refractivity contribution in [1.82, 2.24) is 0 Å². The Kier molecular flexibility index (Phi) is 4.59. The summed E-state index contributed by atoms with van der Waals surface area (Å²) in [6.07, 6.45) is -9.21. The number of hydrogen-bond donors (Lipinski definition) is 1. The van der Waals surface area contributed by atoms with Crippen molar-refractivity contribution >= 4 is 11.9 Å². The third kappa shape index (κ3) is 3.69. The number of aromatic hydroxyl groups is 1. The first-order valence-electron chi connectivity index (χ1n) is 6.62. The summed E-state index contributed by atoms with van der Waals surface area (Å²) in [7, 11) is 0. The number of phenolic OH excluding ortho intramolecular Hbond substituents is 1. The lowest BCUT2D eigenvalue weighted by atomic mass is 10.1. The standard InChI is InChI=1S/C16H11F6NO/c1-9-4-2-5-10(14(9)24)8-23-13-11(15(17,18)19)6-3-7-12(13)16(20,21)22/h2-8,24H,1H3. The Morgan fingerprint density at radius 3 is 1.88 bits per heavy atom. The third-order valence-corrected chi connectivity index (χ3v) is 3.25. The number of rotatable bonds is 2. The van der Waals surface area contributed by atoms with Crippen molar-refractivity contribution in [2.24, 2.45) is 4.99 Å². The van der Waals surface area contributed by atoms with Gasteiger partial charge in [-0.1, -0.05) is 18.2 Å². The molecule has 2 aromatic carbocycles. The van der Waals surface area contributed by atoms with E-state index in [1.54, 1.807) is 0 Å². The van der Waals surface area contributed by atoms with Gasteiger partial charge in [-0.05, 0) is 30.7 Å². The Hall–Kier alpha value is -2.51. The smallest absolute Gasteiger partial charge is 0.418 e. The zero-order valence-corrected chi connectivity index (χ0v) is 12.2. The van der Waals surface area contributed by atoms with E-state index in [1.807, 2.05) is 0 Å². The number of phenols is 1. The number of nitrogens with zero attached hydrogens (tertiary/aromatic N) is 1. The van der Waals surface area contributed by atoms with Crippen LogP contribution in [0.2, 0.25) is 0 Å². The summed E-state index contributed by atoms with van der Waals surface area (Å²) < 4.78 is 78.0. The van der Waals surface area contributed by atoms with Gasteiger partial charge >= 0.3 is 12.4 Å². The molecule has 0 unspecified atom stereocenters. The van der Waals surface area contributed by atoms with Crippen molar-refractivity contribution in [3.63, 3.8) is 0 Å². The highest BCUT2D eigenvalue weighted by molar-refractivity contribution is 5.86. The normalized spacial score (nSPS) is 12.8. The maximum Gasteiger partial charge on any atom is 0.418 e. The lowest BCUT2D eigenvalue weighted by molar-refractivity contribution is -0.141. The van der Waals surface area contributed by atoms with Gasteiger partial charge in [-0.2, -0.15) is 26.3 Å². The molecule has 0 radical (unpaired) electrons. The number of benzene rings is 2. The van der Waals surface area contributed by atoms with Crippen LogP contribution in [-0.4, -0.2) is 11.3 Å². The van der Waals surface area contributed by atoms with E-state index in [0.717, 1.165) is 6.21 Å². The molecular formula is C16H11F6NO. The number of aliphatic imine (C=N–C) groups is 1. The van der Waals surface area contributed by atoms with Crippen molar-refractivity contribution in [2.75, 3.05) is 0 Å². The second-order valence-corrected chi connectivity index (χ2v) is 4.97. The Bertz CT molecular complexity index is 745. The largest absolute Gasteiger partial charge is 0.507 e. The second kappa shape index (κ2) is 6.18. The van der Waals surface area contributed by atoms with Crippen LogP contribution in [0.5, 0.6) is 5.75 Å². The van der Waals surface area contributed by atoms with Gasteiger partial charge in [0.05, 0.1) is 16.8 Å². The molecule has 128 valence electrons. The minimum Gasteiger partial charge on any atom is -0.507 e. The first kappa shape index (κ1) is 17.8. The molecule has 0 spiro atoms. The summed E-state index contributed by atoms with van der Waals surface area (Å²) in [5.74, 6) is -0.265. The average Bonchev–Trinajstić information content (AvgIpc) is 2.46. The van der Waals surface area contributed by atoms with Gasteiger partial charge in [0.15, 0.2) is 0 Å². The molecule has 0 atom stereocenters. The van der Waals surface area contributed by atoms with E-state index in [1.165, 1.54) is 25.1 Å². The Morgan fingerprint density at radius 2 is 1.38 bits per heavy atom. The van der Waals surface area contributed by atoms with Crippen LogP contribution < -0.4 is 0 Å². The molecule has 0 bridgehead atoms. The highest BCUT2D eigenvalue weighted by atomic mass is 19.4. The summed E-state index contributed by atoms with van der Waals surface area (Å²) in [6, 6.07) is 6.09. The van der Waals surface area contributed by atoms with Crippen LogP contribution in [0.15, 0.2) is 41.4 Å². The quantitative estimate of drug-likeness (QED) is 0.566. The van der Waals surface area contributed by atoms with Crippen molar-refractivity contribution < 1.29 is 31.4 Å². The Morgan fingerprint density at radius 1 is 0.875 bits per heavy atom. The van der Waals surface area contributed by atoms with Crippen molar-refractivity contribution in [1.29, 1.82) is 0 Å². The Balaban J connectivity index is 2.63. The van der Waals surface area contributed by atoms with Gasteiger partial charge in [0.2, 0.25) is 0 Å². The number of hydrogen-bond acceptors (Lipinski definition) is 2. The zero-order valence-electron chi connectivity index (χ0n) is 12.2. The molecule has 8 heteroatoms. The summed E-state index contributed by atoms with van der Waals surface area (Å²) in [5.41, 5.74) is -3.81. The van der Waals surface area contributed by atoms with E-state index < -0.39 is 29.2 Å². The summed E-state index contributed by atoms with van der Waals surface area (Å²) >= 11 is 0. The van der Waals surface area contributed by atoms with Crippen molar-refractivity contribution in [3.05, 3.63) is 58.7 Å². The summed E-state index contributed by atoms with van der Waals surface area (Å²) in [5, 5.41) is 9.80. The van der Waals surface area contributed by atoms with Crippen LogP contribution in [0.25, 0.3) is 0 Å². The lowest BCUT2D eigenvalue weighted by Crippen LogP contribution is -2.11. The molecule has 0 aliphatic rings. The monoisotopic (exact) mass is 347 g/mol. The molecule has 0 saturated carbocycles. The first-order valence-corrected chi connectivity index (χ1v) is 6.62. The average molecular weight is 347 g/mol. The highest BCUT2D eigenvalue weighted by Gasteiger charge is 2.40. The Labute approximate surface area is 133 Å². The molecule has 1 N–H and O–H groups in total. The van der Waals surface area contributed by atoms with E-state index in [4.69, 9.17) is 0 Å². The fourth-order valence-corrected chi connectivity index (χ4v) is 2.06. The van der Waals surface area contributed by atoms with Crippen molar-refractivity contribution in [2.45, 2.75) is 19.3 Å². The number of halogens is 6. The maximum absolute atomic E-state index is 13.0. The van der Waals surface area contributed by atoms with Gasteiger partial charge in [-0.3, -0.25) is 4.99 Å². The van der Waals surface area contributed by atoms with Gasteiger partial charge < -0.3 is 5.11 Å². The molecule has 2 rings (SSSR count). The molecule has 0 aliphatic carbocycles. The van der Waals surface area contributed by atoms with E-state index in [2.05, 4.69) is 4.99 Å². The summed E-state index contributed by atoms with van der Waals surface area (Å²) in [4.78, 5) is 3.39. The van der Waals surface area contributed by atoms with Crippen LogP contribution in [0.4, 0.5) is 32.0 Å². The molecule has 0 aliphatic heterocycles. The maximum atomic E-state index is 13.0. The van der Waals surface area contributed by atoms with Gasteiger partial charge in [-0.15, -0.1) is 0 Å². The molecule has 0 amide bonds. The molecule has 0 aromatic heterocycles. The van der Waals surface area contributed by atoms with E-state index >= 15 is 0 Å². The zero-order chi connectivity index (χ0) is 18.1. The summed E-state index contributed by atoms with van der Waals surface area (Å²) in [6.45, 7) is 1.54. The molecule has 0 fully saturated rings. The molecule has 0 saturated heterocycles. The third-order valence-electron chi connectivity index (χ3n) is 3.25. The predicted molar refractivity (Wildman–Crippen MR) is 76.5 cm³/mol.